The van der Waals surface area contributed by atoms with Gasteiger partial charge in [-0.1, -0.05) is 24.3 Å². The van der Waals surface area contributed by atoms with Crippen LogP contribution in [0.5, 0.6) is 5.88 Å². The van der Waals surface area contributed by atoms with Gasteiger partial charge in [0.15, 0.2) is 0 Å². The maximum Gasteiger partial charge on any atom is 0.331 e. The van der Waals surface area contributed by atoms with Crippen molar-refractivity contribution in [2.24, 2.45) is 4.99 Å². The van der Waals surface area contributed by atoms with Crippen LogP contribution in [0.2, 0.25) is 0 Å². The molecule has 1 aromatic carbocycles. The maximum atomic E-state index is 12.0. The average molecular weight is 295 g/mol. The summed E-state index contributed by atoms with van der Waals surface area (Å²) in [5.74, 6) is -0.390. The summed E-state index contributed by atoms with van der Waals surface area (Å²) in [6, 6.07) is 7.46. The van der Waals surface area contributed by atoms with Gasteiger partial charge in [0.25, 0.3) is 5.56 Å². The highest BCUT2D eigenvalue weighted by Crippen LogP contribution is 2.32. The lowest BCUT2D eigenvalue weighted by molar-refractivity contribution is 0.409. The third kappa shape index (κ3) is 2.20. The summed E-state index contributed by atoms with van der Waals surface area (Å²) in [5, 5.41) is 10.2. The van der Waals surface area contributed by atoms with Crippen molar-refractivity contribution < 1.29 is 5.11 Å². The van der Waals surface area contributed by atoms with E-state index in [1.165, 1.54) is 12.2 Å². The second-order valence-electron chi connectivity index (χ2n) is 4.77. The first kappa shape index (κ1) is 13.8. The Morgan fingerprint density at radius 1 is 1.32 bits per heavy atom. The van der Waals surface area contributed by atoms with Crippen LogP contribution in [0.4, 0.5) is 5.69 Å². The second kappa shape index (κ2) is 5.33. The minimum absolute atomic E-state index is 0.0135. The van der Waals surface area contributed by atoms with E-state index in [1.807, 2.05) is 24.3 Å². The number of nitrogens with zero attached hydrogens (tertiary/aromatic N) is 2. The highest BCUT2D eigenvalue weighted by atomic mass is 16.3. The van der Waals surface area contributed by atoms with Crippen LogP contribution in [0.25, 0.3) is 11.6 Å². The molecule has 0 bridgehead atoms. The van der Waals surface area contributed by atoms with E-state index in [-0.39, 0.29) is 18.0 Å². The summed E-state index contributed by atoms with van der Waals surface area (Å²) in [4.78, 5) is 30.1. The number of benzene rings is 1. The molecule has 1 aliphatic heterocycles. The predicted molar refractivity (Wildman–Crippen MR) is 85.6 cm³/mol. The molecule has 0 saturated carbocycles. The van der Waals surface area contributed by atoms with Gasteiger partial charge in [-0.25, -0.2) is 4.79 Å². The zero-order valence-electron chi connectivity index (χ0n) is 11.6. The summed E-state index contributed by atoms with van der Waals surface area (Å²) in [7, 11) is 0. The van der Waals surface area contributed by atoms with Crippen molar-refractivity contribution in [3.63, 3.8) is 0 Å². The van der Waals surface area contributed by atoms with Gasteiger partial charge < -0.3 is 5.11 Å². The molecule has 0 fully saturated rings. The van der Waals surface area contributed by atoms with Crippen molar-refractivity contribution >= 4 is 23.6 Å². The molecule has 0 aliphatic carbocycles. The quantitative estimate of drug-likeness (QED) is 0.845. The number of hydrogen-bond acceptors (Lipinski definition) is 4. The summed E-state index contributed by atoms with van der Waals surface area (Å²) >= 11 is 0. The van der Waals surface area contributed by atoms with Crippen LogP contribution in [0.3, 0.4) is 0 Å². The van der Waals surface area contributed by atoms with Crippen molar-refractivity contribution in [1.29, 1.82) is 0 Å². The average Bonchev–Trinajstić information content (AvgIpc) is 2.91. The van der Waals surface area contributed by atoms with Gasteiger partial charge >= 0.3 is 5.69 Å². The number of para-hydroxylation sites is 1. The van der Waals surface area contributed by atoms with Gasteiger partial charge in [-0.15, -0.1) is 6.58 Å². The largest absolute Gasteiger partial charge is 0.494 e. The number of allylic oxidation sites excluding steroid dienone is 2. The molecule has 0 amide bonds. The van der Waals surface area contributed by atoms with Crippen LogP contribution in [0.1, 0.15) is 11.1 Å². The summed E-state index contributed by atoms with van der Waals surface area (Å²) < 4.78 is 1.04. The van der Waals surface area contributed by atoms with E-state index < -0.39 is 11.2 Å². The summed E-state index contributed by atoms with van der Waals surface area (Å²) in [5.41, 5.74) is 1.05. The fourth-order valence-electron chi connectivity index (χ4n) is 2.31. The first-order valence-electron chi connectivity index (χ1n) is 6.64. The van der Waals surface area contributed by atoms with Crippen LogP contribution < -0.4 is 11.2 Å². The molecule has 1 aromatic heterocycles. The standard InChI is InChI=1S/C16H13N3O3/c1-2-7-19-15(21)12(14(20)18-16(19)22)8-10-9-17-13-6-4-3-5-11(10)13/h2-6,8-9,21H,1,7H2,(H,18,20,22). The highest BCUT2D eigenvalue weighted by molar-refractivity contribution is 6.21. The Bertz CT molecular complexity index is 932. The van der Waals surface area contributed by atoms with E-state index in [1.54, 1.807) is 6.21 Å². The molecule has 2 N–H and O–H groups in total. The Hall–Kier alpha value is -3.15. The Labute approximate surface area is 125 Å². The number of nitrogens with one attached hydrogen (secondary N) is 1. The molecule has 2 heterocycles. The number of H-pyrrole nitrogens is 1. The minimum Gasteiger partial charge on any atom is -0.494 e. The maximum absolute atomic E-state index is 12.0. The van der Waals surface area contributed by atoms with Crippen molar-refractivity contribution in [3.8, 4) is 5.88 Å². The van der Waals surface area contributed by atoms with Gasteiger partial charge in [0.05, 0.1) is 5.69 Å². The zero-order valence-corrected chi connectivity index (χ0v) is 11.6. The third-order valence-corrected chi connectivity index (χ3v) is 3.38. The van der Waals surface area contributed by atoms with Gasteiger partial charge in [0.2, 0.25) is 5.88 Å². The number of rotatable bonds is 3. The number of fused-ring (bicyclic) bond motifs is 1. The van der Waals surface area contributed by atoms with E-state index in [0.29, 0.717) is 5.57 Å². The number of aromatic amines is 1. The van der Waals surface area contributed by atoms with E-state index in [9.17, 15) is 14.7 Å². The fourth-order valence-corrected chi connectivity index (χ4v) is 2.31. The molecular formula is C16H13N3O3. The summed E-state index contributed by atoms with van der Waals surface area (Å²) in [6.07, 6.45) is 4.59. The lowest BCUT2D eigenvalue weighted by atomic mass is 10.1. The van der Waals surface area contributed by atoms with Crippen molar-refractivity contribution in [2.45, 2.75) is 6.54 Å². The molecular weight excluding hydrogens is 282 g/mol. The number of hydrogen-bond donors (Lipinski definition) is 2. The Morgan fingerprint density at radius 2 is 2.09 bits per heavy atom. The topological polar surface area (TPSA) is 87.4 Å². The lowest BCUT2D eigenvalue weighted by Crippen LogP contribution is -2.31. The Kier molecular flexibility index (Phi) is 3.34. The molecule has 2 aromatic rings. The fraction of sp³-hybridized carbons (Fsp3) is 0.0625. The second-order valence-corrected chi connectivity index (χ2v) is 4.77. The first-order valence-corrected chi connectivity index (χ1v) is 6.64. The molecule has 0 radical (unpaired) electrons. The zero-order chi connectivity index (χ0) is 15.7. The van der Waals surface area contributed by atoms with E-state index in [4.69, 9.17) is 0 Å². The van der Waals surface area contributed by atoms with Crippen molar-refractivity contribution in [3.05, 3.63) is 68.9 Å². The third-order valence-electron chi connectivity index (χ3n) is 3.38. The van der Waals surface area contributed by atoms with Gasteiger partial charge in [-0.2, -0.15) is 0 Å². The predicted octanol–water partition coefficient (Wildman–Crippen LogP) is 1.68. The lowest BCUT2D eigenvalue weighted by Gasteiger charge is -2.07. The molecule has 0 unspecified atom stereocenters. The number of aliphatic imine (C=N–C) groups is 1. The van der Waals surface area contributed by atoms with E-state index in [0.717, 1.165) is 15.8 Å². The van der Waals surface area contributed by atoms with Crippen LogP contribution in [-0.2, 0) is 6.54 Å². The number of aromatic hydroxyl groups is 1. The normalized spacial score (nSPS) is 14.3. The van der Waals surface area contributed by atoms with Crippen LogP contribution in [0, 0.1) is 0 Å². The molecule has 1 aliphatic rings. The van der Waals surface area contributed by atoms with Crippen molar-refractivity contribution in [2.75, 3.05) is 0 Å². The molecule has 22 heavy (non-hydrogen) atoms. The SMILES string of the molecule is C=CCn1c(O)c(C=C2C=Nc3ccccc32)c(=O)[nH]c1=O. The van der Waals surface area contributed by atoms with Crippen LogP contribution >= 0.6 is 0 Å². The molecule has 0 spiro atoms. The number of aromatic nitrogens is 2. The molecule has 6 heteroatoms. The highest BCUT2D eigenvalue weighted by Gasteiger charge is 2.16. The summed E-state index contributed by atoms with van der Waals surface area (Å²) in [6.45, 7) is 3.62. The Balaban J connectivity index is 2.19. The monoisotopic (exact) mass is 295 g/mol. The molecule has 0 atom stereocenters. The van der Waals surface area contributed by atoms with Gasteiger partial charge in [-0.3, -0.25) is 19.3 Å². The van der Waals surface area contributed by atoms with Crippen LogP contribution in [0.15, 0.2) is 51.5 Å². The molecule has 3 rings (SSSR count). The smallest absolute Gasteiger partial charge is 0.331 e. The molecule has 110 valence electrons. The molecule has 6 nitrogen and oxygen atoms in total. The van der Waals surface area contributed by atoms with Gasteiger partial charge in [-0.05, 0) is 12.1 Å². The van der Waals surface area contributed by atoms with E-state index >= 15 is 0 Å². The van der Waals surface area contributed by atoms with Crippen molar-refractivity contribution in [1.82, 2.24) is 9.55 Å². The Morgan fingerprint density at radius 3 is 2.86 bits per heavy atom. The minimum atomic E-state index is -0.676. The molecule has 0 saturated heterocycles. The van der Waals surface area contributed by atoms with Gasteiger partial charge in [0.1, 0.15) is 5.56 Å². The van der Waals surface area contributed by atoms with Gasteiger partial charge in [0, 0.05) is 23.9 Å². The van der Waals surface area contributed by atoms with E-state index in [2.05, 4.69) is 16.6 Å². The first-order chi connectivity index (χ1) is 10.6. The van der Waals surface area contributed by atoms with Crippen LogP contribution in [-0.4, -0.2) is 20.9 Å².